The van der Waals surface area contributed by atoms with Gasteiger partial charge in [-0.1, -0.05) is 95.9 Å². The minimum Gasteiger partial charge on any atom is -0.481 e. The highest BCUT2D eigenvalue weighted by Crippen LogP contribution is 2.86. The van der Waals surface area contributed by atoms with Gasteiger partial charge in [-0.05, 0) is 458 Å². The monoisotopic (exact) mass is 2040 g/mol. The minimum absolute atomic E-state index is 0.0101. The maximum absolute atomic E-state index is 16.6. The number of carbonyl (C=O) groups excluding carboxylic acids is 10. The van der Waals surface area contributed by atoms with Crippen molar-refractivity contribution >= 4 is 71.6 Å². The zero-order valence-corrected chi connectivity index (χ0v) is 93.0. The third-order valence-corrected chi connectivity index (χ3v) is 51.4. The zero-order valence-electron chi connectivity index (χ0n) is 93.0. The fraction of sp³-hybridized carbons (Fsp3) is 0.902. The van der Waals surface area contributed by atoms with Crippen molar-refractivity contribution in [3.05, 3.63) is 0 Å². The Balaban J connectivity index is 0.569. The second kappa shape index (κ2) is 35.2. The number of ether oxygens (including phenoxy) is 8. The lowest BCUT2D eigenvalue weighted by atomic mass is 9.45. The molecule has 0 aromatic heterocycles. The molecule has 20 aliphatic carbocycles. The SMILES string of the molecule is CC1C(=O)OC(=O)C1C1C2CC(CC2C(=O)OC(C)(C)C(C)(C)C(C)(C)OC(=O)C2C(C)C3CC2C(C2C(=O)OC(=O)C2C)C3C2C3CC(C2C2C4CC(C2C2C5CC(C2C)C(C)(CC(=O)OC(C)(C)C)C5)C2(CC5CCC2C5)C4)C(C)(C(=O)O)C3CC(=O)OCC(C)(C)CO)C1C1C2CC(CC2CC(=O)OC(C)(C)C)C1C1C(C2C(C)C3CC2C(C)(C(=O)O)C3CC(=O)OCC(C)(C)CO)C2CC1C1(CC3CCC1C3)C2. The molecule has 24 nitrogen and oxygen atoms in total. The Kier molecular flexibility index (Phi) is 25.2. The average Bonchev–Trinajstić information content (AvgIpc) is 1.49. The zero-order chi connectivity index (χ0) is 106. The minimum atomic E-state index is -1.38. The van der Waals surface area contributed by atoms with Crippen LogP contribution < -0.4 is 0 Å². The number of hydrogen-bond donors (Lipinski definition) is 4. The van der Waals surface area contributed by atoms with E-state index in [9.17, 15) is 54.0 Å². The van der Waals surface area contributed by atoms with Crippen LogP contribution in [-0.4, -0.2) is 141 Å². The van der Waals surface area contributed by atoms with E-state index in [0.717, 1.165) is 51.4 Å². The van der Waals surface area contributed by atoms with E-state index >= 15 is 24.0 Å². The third kappa shape index (κ3) is 15.7. The molecule has 51 unspecified atom stereocenters. The number of carboxylic acid groups (broad SMARTS) is 2. The van der Waals surface area contributed by atoms with Crippen molar-refractivity contribution < 1.29 is 116 Å². The molecule has 22 rings (SSSR count). The third-order valence-electron chi connectivity index (χ3n) is 51.4. The molecule has 4 N–H and O–H groups in total. The molecule has 147 heavy (non-hydrogen) atoms. The fourth-order valence-corrected chi connectivity index (χ4v) is 45.6. The Morgan fingerprint density at radius 3 is 1.29 bits per heavy atom. The Morgan fingerprint density at radius 2 is 0.796 bits per heavy atom. The molecule has 816 valence electrons. The Morgan fingerprint density at radius 1 is 0.361 bits per heavy atom. The first-order chi connectivity index (χ1) is 68.6. The van der Waals surface area contributed by atoms with E-state index in [4.69, 9.17) is 37.9 Å². The summed E-state index contributed by atoms with van der Waals surface area (Å²) in [5.41, 5.74) is -9.18. The number of hydrogen-bond acceptors (Lipinski definition) is 22. The van der Waals surface area contributed by atoms with Crippen LogP contribution in [0, 0.1) is 316 Å². The molecular formula is C123H180O24. The number of aliphatic hydroxyl groups is 2. The molecule has 0 aromatic carbocycles. The second-order valence-electron chi connectivity index (χ2n) is 61.5. The van der Waals surface area contributed by atoms with Gasteiger partial charge in [-0.15, -0.1) is 0 Å². The van der Waals surface area contributed by atoms with Gasteiger partial charge < -0.3 is 58.3 Å². The molecule has 0 amide bonds. The van der Waals surface area contributed by atoms with E-state index in [2.05, 4.69) is 27.7 Å². The number of carbonyl (C=O) groups is 12. The topological polar surface area (TPSA) is 360 Å². The quantitative estimate of drug-likeness (QED) is 0.0295. The van der Waals surface area contributed by atoms with Crippen LogP contribution in [0.2, 0.25) is 0 Å². The predicted octanol–water partition coefficient (Wildman–Crippen LogP) is 20.3. The normalized spacial score (nSPS) is 49.9. The Labute approximate surface area is 873 Å². The van der Waals surface area contributed by atoms with Gasteiger partial charge >= 0.3 is 71.6 Å². The maximum Gasteiger partial charge on any atom is 0.317 e. The first-order valence-electron chi connectivity index (χ1n) is 59.0. The van der Waals surface area contributed by atoms with Gasteiger partial charge in [0.15, 0.2) is 0 Å². The molecule has 22 fully saturated rings. The van der Waals surface area contributed by atoms with Crippen LogP contribution in [0.25, 0.3) is 0 Å². The van der Waals surface area contributed by atoms with Crippen LogP contribution in [0.5, 0.6) is 0 Å². The summed E-state index contributed by atoms with van der Waals surface area (Å²) < 4.78 is 50.5. The van der Waals surface area contributed by atoms with Gasteiger partial charge in [-0.2, -0.15) is 0 Å². The van der Waals surface area contributed by atoms with E-state index in [-0.39, 0.29) is 216 Å². The van der Waals surface area contributed by atoms with Crippen molar-refractivity contribution in [2.75, 3.05) is 26.4 Å². The first-order valence-corrected chi connectivity index (χ1v) is 59.0. The molecule has 2 spiro atoms. The van der Waals surface area contributed by atoms with Crippen LogP contribution in [0.3, 0.4) is 0 Å². The molecule has 24 heteroatoms. The summed E-state index contributed by atoms with van der Waals surface area (Å²) >= 11 is 0. The molecule has 2 aliphatic heterocycles. The summed E-state index contributed by atoms with van der Waals surface area (Å²) in [6, 6.07) is 0. The van der Waals surface area contributed by atoms with E-state index in [1.165, 1.54) is 51.4 Å². The van der Waals surface area contributed by atoms with Crippen LogP contribution in [-0.2, 0) is 95.4 Å². The number of rotatable bonds is 30. The average molecular weight is 2040 g/mol. The fourth-order valence-electron chi connectivity index (χ4n) is 45.6. The molecular weight excluding hydrogens is 1860 g/mol. The van der Waals surface area contributed by atoms with Crippen LogP contribution in [0.15, 0.2) is 0 Å². The highest BCUT2D eigenvalue weighted by atomic mass is 16.6. The summed E-state index contributed by atoms with van der Waals surface area (Å²) in [5.74, 6) is -10.2. The first kappa shape index (κ1) is 105. The van der Waals surface area contributed by atoms with Crippen molar-refractivity contribution in [3.63, 3.8) is 0 Å². The van der Waals surface area contributed by atoms with Gasteiger partial charge in [0.2, 0.25) is 0 Å². The lowest BCUT2D eigenvalue weighted by molar-refractivity contribution is -0.215. The summed E-state index contributed by atoms with van der Waals surface area (Å²) in [6.45, 7) is 46.7. The Bertz CT molecular complexity index is 5310. The molecule has 2 saturated heterocycles. The van der Waals surface area contributed by atoms with E-state index in [1.54, 1.807) is 6.92 Å². The number of cyclic esters (lactones) is 4. The molecule has 0 aromatic rings. The number of fused-ring (bicyclic) bond motifs is 24. The lowest BCUT2D eigenvalue weighted by Crippen LogP contribution is -2.59. The summed E-state index contributed by atoms with van der Waals surface area (Å²) in [6.07, 6.45) is 21.4. The van der Waals surface area contributed by atoms with Crippen molar-refractivity contribution in [2.24, 2.45) is 316 Å². The molecule has 20 bridgehead atoms. The van der Waals surface area contributed by atoms with Crippen molar-refractivity contribution in [1.29, 1.82) is 0 Å². The van der Waals surface area contributed by atoms with Crippen LogP contribution >= 0.6 is 0 Å². The van der Waals surface area contributed by atoms with Crippen molar-refractivity contribution in [3.8, 4) is 0 Å². The summed E-state index contributed by atoms with van der Waals surface area (Å²) in [7, 11) is 0. The van der Waals surface area contributed by atoms with Crippen LogP contribution in [0.1, 0.15) is 327 Å². The number of aliphatic hydroxyl groups excluding tert-OH is 2. The number of esters is 10. The van der Waals surface area contributed by atoms with E-state index in [1.807, 2.05) is 132 Å². The molecule has 0 radical (unpaired) electrons. The lowest BCUT2D eigenvalue weighted by Gasteiger charge is -2.59. The van der Waals surface area contributed by atoms with Crippen molar-refractivity contribution in [1.82, 2.24) is 0 Å². The van der Waals surface area contributed by atoms with Gasteiger partial charge in [0.05, 0.1) is 79.2 Å². The second-order valence-corrected chi connectivity index (χ2v) is 61.5. The number of aliphatic carboxylic acids is 2. The standard InChI is InChI=1S/C123H180O24/c1-54-69-40-79(120(23,110(136)137)77(69)42-83(126)140-52-114(12,13)50-124)89(54)94-65-36-82(123(47-65)45-60-26-28-68(123)30-60)103(94)93-62-31-61(38-85(128)144-112(6,7)8)71(32-62)97(93)92-63-33-72(98(92)90-57(4)104(130)142-107(90)133)73(34-63)106(132)146-117(18,19)116(16,17)118(20,21)147-109(135)88-55(2)70-39-75(88)100(91-58(5)105(131)143-108(91)134)96(70)99-74-41-80(121(24,111(138)139)78(74)43-84(127)141-53-115(14,15)51-125)101(99)95-66-37-81(122(48-66)44-59-25-27-67(122)29-59)102(95)87-56(3)76-35-64(87)46-119(76,22)49-86(129)145-113(9,10)11/h54-82,87-103,124-125H,25-53H2,1-24H3,(H,136,137)(H,138,139). The highest BCUT2D eigenvalue weighted by Gasteiger charge is 2.82. The van der Waals surface area contributed by atoms with Gasteiger partial charge in [0.1, 0.15) is 22.4 Å². The van der Waals surface area contributed by atoms with Crippen molar-refractivity contribution in [2.45, 2.75) is 349 Å². The van der Waals surface area contributed by atoms with Crippen LogP contribution in [0.4, 0.5) is 0 Å². The smallest absolute Gasteiger partial charge is 0.317 e. The molecule has 22 aliphatic rings. The van der Waals surface area contributed by atoms with Gasteiger partial charge in [-0.3, -0.25) is 57.5 Å². The summed E-state index contributed by atoms with van der Waals surface area (Å²) in [5, 5.41) is 44.9. The summed E-state index contributed by atoms with van der Waals surface area (Å²) in [4.78, 5) is 180. The van der Waals surface area contributed by atoms with Gasteiger partial charge in [0, 0.05) is 35.5 Å². The highest BCUT2D eigenvalue weighted by molar-refractivity contribution is 5.97. The molecule has 20 saturated carbocycles. The van der Waals surface area contributed by atoms with Gasteiger partial charge in [0.25, 0.3) is 0 Å². The number of carboxylic acids is 2. The Hall–Kier alpha value is -6.04. The largest absolute Gasteiger partial charge is 0.481 e. The molecule has 51 atom stereocenters. The van der Waals surface area contributed by atoms with E-state index in [0.29, 0.717) is 97.7 Å². The predicted molar refractivity (Wildman–Crippen MR) is 540 cm³/mol. The van der Waals surface area contributed by atoms with Gasteiger partial charge in [-0.25, -0.2) is 0 Å². The maximum atomic E-state index is 16.6. The van der Waals surface area contributed by atoms with E-state index < -0.39 is 180 Å². The molecule has 2 heterocycles.